The molecule has 23 heavy (non-hydrogen) atoms. The van der Waals surface area contributed by atoms with E-state index in [4.69, 9.17) is 18.9 Å². The molecule has 3 aromatic rings. The summed E-state index contributed by atoms with van der Waals surface area (Å²) in [5.74, 6) is 3.32. The number of nitrogens with zero attached hydrogens (tertiary/aromatic N) is 1. The van der Waals surface area contributed by atoms with Crippen LogP contribution in [-0.4, -0.2) is 38.4 Å². The standard InChI is InChI=1S/C17H18N2O4/c1-20-10-5-6-12-13(7-10)19-17(18-12)11-8-15(22-3)16(23-4)9-14(11)21-2/h5-9H,1-4H3,(H,18,19). The lowest BCUT2D eigenvalue weighted by molar-refractivity contribution is 0.349. The molecule has 1 aromatic heterocycles. The fourth-order valence-corrected chi connectivity index (χ4v) is 2.46. The molecule has 0 saturated heterocycles. The van der Waals surface area contributed by atoms with Crippen molar-refractivity contribution in [2.24, 2.45) is 0 Å². The van der Waals surface area contributed by atoms with Crippen LogP contribution in [0.15, 0.2) is 30.3 Å². The molecule has 0 amide bonds. The van der Waals surface area contributed by atoms with E-state index >= 15 is 0 Å². The highest BCUT2D eigenvalue weighted by atomic mass is 16.5. The molecule has 0 saturated carbocycles. The molecule has 0 aliphatic heterocycles. The van der Waals surface area contributed by atoms with Crippen LogP contribution in [0.25, 0.3) is 22.4 Å². The molecule has 6 nitrogen and oxygen atoms in total. The smallest absolute Gasteiger partial charge is 0.164 e. The summed E-state index contributed by atoms with van der Waals surface area (Å²) >= 11 is 0. The third kappa shape index (κ3) is 2.63. The number of imidazole rings is 1. The van der Waals surface area contributed by atoms with Crippen LogP contribution in [0.3, 0.4) is 0 Å². The Labute approximate surface area is 134 Å². The highest BCUT2D eigenvalue weighted by Crippen LogP contribution is 2.39. The number of fused-ring (bicyclic) bond motifs is 1. The van der Waals surface area contributed by atoms with E-state index in [0.717, 1.165) is 22.3 Å². The second-order valence-electron chi connectivity index (χ2n) is 4.88. The van der Waals surface area contributed by atoms with E-state index in [9.17, 15) is 0 Å². The molecular formula is C17H18N2O4. The zero-order valence-electron chi connectivity index (χ0n) is 13.5. The van der Waals surface area contributed by atoms with Crippen molar-refractivity contribution in [3.05, 3.63) is 30.3 Å². The van der Waals surface area contributed by atoms with Gasteiger partial charge in [0.25, 0.3) is 0 Å². The molecule has 0 fully saturated rings. The van der Waals surface area contributed by atoms with Crippen LogP contribution in [0, 0.1) is 0 Å². The van der Waals surface area contributed by atoms with Gasteiger partial charge in [-0.05, 0) is 18.2 Å². The Morgan fingerprint density at radius 3 is 2.13 bits per heavy atom. The Hall–Kier alpha value is -2.89. The van der Waals surface area contributed by atoms with Crippen molar-refractivity contribution in [3.8, 4) is 34.4 Å². The minimum absolute atomic E-state index is 0.603. The van der Waals surface area contributed by atoms with Crippen molar-refractivity contribution >= 4 is 11.0 Å². The Morgan fingerprint density at radius 1 is 0.783 bits per heavy atom. The summed E-state index contributed by atoms with van der Waals surface area (Å²) in [5.41, 5.74) is 2.52. The molecule has 0 spiro atoms. The summed E-state index contributed by atoms with van der Waals surface area (Å²) in [5, 5.41) is 0. The zero-order chi connectivity index (χ0) is 16.4. The minimum Gasteiger partial charge on any atom is -0.497 e. The number of benzene rings is 2. The Balaban J connectivity index is 2.16. The third-order valence-electron chi connectivity index (χ3n) is 3.65. The van der Waals surface area contributed by atoms with E-state index in [1.807, 2.05) is 24.3 Å². The molecule has 120 valence electrons. The third-order valence-corrected chi connectivity index (χ3v) is 3.65. The summed E-state index contributed by atoms with van der Waals surface area (Å²) < 4.78 is 21.4. The van der Waals surface area contributed by atoms with E-state index in [0.29, 0.717) is 23.1 Å². The zero-order valence-corrected chi connectivity index (χ0v) is 13.5. The number of hydrogen-bond donors (Lipinski definition) is 1. The van der Waals surface area contributed by atoms with Crippen molar-refractivity contribution in [2.45, 2.75) is 0 Å². The number of ether oxygens (including phenoxy) is 4. The molecule has 0 bridgehead atoms. The van der Waals surface area contributed by atoms with Gasteiger partial charge in [-0.15, -0.1) is 0 Å². The van der Waals surface area contributed by atoms with Gasteiger partial charge in [-0.2, -0.15) is 0 Å². The number of aromatic nitrogens is 2. The molecule has 6 heteroatoms. The molecule has 1 heterocycles. The molecule has 2 aromatic carbocycles. The number of hydrogen-bond acceptors (Lipinski definition) is 5. The molecule has 0 aliphatic carbocycles. The quantitative estimate of drug-likeness (QED) is 0.783. The Kier molecular flexibility index (Phi) is 3.97. The van der Waals surface area contributed by atoms with Gasteiger partial charge in [0.1, 0.15) is 17.3 Å². The van der Waals surface area contributed by atoms with E-state index < -0.39 is 0 Å². The van der Waals surface area contributed by atoms with Crippen molar-refractivity contribution in [3.63, 3.8) is 0 Å². The van der Waals surface area contributed by atoms with Crippen LogP contribution in [0.1, 0.15) is 0 Å². The lowest BCUT2D eigenvalue weighted by Gasteiger charge is -2.12. The summed E-state index contributed by atoms with van der Waals surface area (Å²) in [6.07, 6.45) is 0. The first-order valence-corrected chi connectivity index (χ1v) is 7.04. The predicted molar refractivity (Wildman–Crippen MR) is 87.7 cm³/mol. The molecule has 0 radical (unpaired) electrons. The monoisotopic (exact) mass is 314 g/mol. The normalized spacial score (nSPS) is 10.6. The van der Waals surface area contributed by atoms with Crippen LogP contribution in [0.5, 0.6) is 23.0 Å². The molecular weight excluding hydrogens is 296 g/mol. The summed E-state index contributed by atoms with van der Waals surface area (Å²) in [6.45, 7) is 0. The van der Waals surface area contributed by atoms with Crippen molar-refractivity contribution in [2.75, 3.05) is 28.4 Å². The number of methoxy groups -OCH3 is 4. The molecule has 1 N–H and O–H groups in total. The first-order valence-electron chi connectivity index (χ1n) is 7.04. The van der Waals surface area contributed by atoms with Gasteiger partial charge in [-0.3, -0.25) is 0 Å². The average molecular weight is 314 g/mol. The predicted octanol–water partition coefficient (Wildman–Crippen LogP) is 3.26. The lowest BCUT2D eigenvalue weighted by atomic mass is 10.1. The highest BCUT2D eigenvalue weighted by molar-refractivity contribution is 5.82. The lowest BCUT2D eigenvalue weighted by Crippen LogP contribution is -1.95. The van der Waals surface area contributed by atoms with Crippen LogP contribution >= 0.6 is 0 Å². The number of H-pyrrole nitrogens is 1. The Bertz CT molecular complexity index is 842. The van der Waals surface area contributed by atoms with E-state index in [1.54, 1.807) is 34.5 Å². The first kappa shape index (κ1) is 15.0. The highest BCUT2D eigenvalue weighted by Gasteiger charge is 2.16. The van der Waals surface area contributed by atoms with Gasteiger partial charge in [0.2, 0.25) is 0 Å². The summed E-state index contributed by atoms with van der Waals surface area (Å²) in [4.78, 5) is 7.89. The van der Waals surface area contributed by atoms with Crippen LogP contribution < -0.4 is 18.9 Å². The van der Waals surface area contributed by atoms with Gasteiger partial charge in [0, 0.05) is 12.1 Å². The van der Waals surface area contributed by atoms with Gasteiger partial charge >= 0.3 is 0 Å². The Morgan fingerprint density at radius 2 is 1.48 bits per heavy atom. The van der Waals surface area contributed by atoms with E-state index in [1.165, 1.54) is 0 Å². The van der Waals surface area contributed by atoms with Gasteiger partial charge in [-0.1, -0.05) is 0 Å². The maximum absolute atomic E-state index is 5.46. The van der Waals surface area contributed by atoms with Gasteiger partial charge in [0.05, 0.1) is 45.0 Å². The molecule has 0 aliphatic rings. The van der Waals surface area contributed by atoms with Crippen LogP contribution in [-0.2, 0) is 0 Å². The summed E-state index contributed by atoms with van der Waals surface area (Å²) in [7, 11) is 6.42. The van der Waals surface area contributed by atoms with Crippen molar-refractivity contribution < 1.29 is 18.9 Å². The second-order valence-corrected chi connectivity index (χ2v) is 4.88. The number of nitrogens with one attached hydrogen (secondary N) is 1. The number of rotatable bonds is 5. The maximum atomic E-state index is 5.46. The fourth-order valence-electron chi connectivity index (χ4n) is 2.46. The van der Waals surface area contributed by atoms with Gasteiger partial charge in [-0.25, -0.2) is 4.98 Å². The molecule has 3 rings (SSSR count). The van der Waals surface area contributed by atoms with Crippen molar-refractivity contribution in [1.29, 1.82) is 0 Å². The average Bonchev–Trinajstić information content (AvgIpc) is 3.03. The SMILES string of the molecule is COc1ccc2nc(-c3cc(OC)c(OC)cc3OC)[nH]c2c1. The van der Waals surface area contributed by atoms with Crippen LogP contribution in [0.2, 0.25) is 0 Å². The van der Waals surface area contributed by atoms with E-state index in [-0.39, 0.29) is 0 Å². The fraction of sp³-hybridized carbons (Fsp3) is 0.235. The first-order chi connectivity index (χ1) is 11.2. The van der Waals surface area contributed by atoms with Gasteiger partial charge in [0.15, 0.2) is 11.5 Å². The maximum Gasteiger partial charge on any atom is 0.164 e. The van der Waals surface area contributed by atoms with Crippen LogP contribution in [0.4, 0.5) is 0 Å². The largest absolute Gasteiger partial charge is 0.497 e. The molecule has 0 unspecified atom stereocenters. The second kappa shape index (κ2) is 6.08. The number of aromatic amines is 1. The minimum atomic E-state index is 0.603. The van der Waals surface area contributed by atoms with E-state index in [2.05, 4.69) is 9.97 Å². The molecule has 0 atom stereocenters. The summed E-state index contributed by atoms with van der Waals surface area (Å²) in [6, 6.07) is 9.30. The topological polar surface area (TPSA) is 65.6 Å². The van der Waals surface area contributed by atoms with Gasteiger partial charge < -0.3 is 23.9 Å². The van der Waals surface area contributed by atoms with Crippen molar-refractivity contribution in [1.82, 2.24) is 9.97 Å².